The number of aryl methyl sites for hydroxylation is 1. The molecule has 100 valence electrons. The van der Waals surface area contributed by atoms with Crippen LogP contribution in [0.3, 0.4) is 0 Å². The van der Waals surface area contributed by atoms with Gasteiger partial charge in [-0.2, -0.15) is 0 Å². The number of hydrogen-bond donors (Lipinski definition) is 1. The monoisotopic (exact) mass is 267 g/mol. The van der Waals surface area contributed by atoms with Gasteiger partial charge in [0.1, 0.15) is 0 Å². The lowest BCUT2D eigenvalue weighted by Crippen LogP contribution is -2.48. The number of hydrogen-bond acceptors (Lipinski definition) is 2. The van der Waals surface area contributed by atoms with Gasteiger partial charge in [0.05, 0.1) is 5.60 Å². The van der Waals surface area contributed by atoms with E-state index < -0.39 is 5.60 Å². The second kappa shape index (κ2) is 5.20. The van der Waals surface area contributed by atoms with Crippen molar-refractivity contribution >= 4 is 11.6 Å². The standard InChI is InChI=1S/C15H22ClNO/c1-11-4-5-13(14(16)8-11)10-15(18)6-7-17(3)12(2)9-15/h4-5,8,12,18H,6-7,9-10H2,1-3H3. The zero-order chi connectivity index (χ0) is 13.3. The van der Waals surface area contributed by atoms with Gasteiger partial charge >= 0.3 is 0 Å². The molecule has 0 saturated carbocycles. The van der Waals surface area contributed by atoms with Crippen LogP contribution in [0.5, 0.6) is 0 Å². The maximum absolute atomic E-state index is 10.7. The summed E-state index contributed by atoms with van der Waals surface area (Å²) in [4.78, 5) is 2.30. The Morgan fingerprint density at radius 2 is 2.22 bits per heavy atom. The second-order valence-electron chi connectivity index (χ2n) is 5.78. The molecule has 0 spiro atoms. The van der Waals surface area contributed by atoms with Crippen molar-refractivity contribution in [3.05, 3.63) is 34.3 Å². The molecule has 2 rings (SSSR count). The molecule has 2 nitrogen and oxygen atoms in total. The number of rotatable bonds is 2. The highest BCUT2D eigenvalue weighted by Gasteiger charge is 2.35. The summed E-state index contributed by atoms with van der Waals surface area (Å²) in [5.41, 5.74) is 1.61. The van der Waals surface area contributed by atoms with Gasteiger partial charge in [0.15, 0.2) is 0 Å². The normalized spacial score (nSPS) is 29.5. The summed E-state index contributed by atoms with van der Waals surface area (Å²) in [6.07, 6.45) is 2.29. The number of halogens is 1. The molecule has 1 aliphatic heterocycles. The van der Waals surface area contributed by atoms with Gasteiger partial charge in [-0.05, 0) is 50.9 Å². The third-order valence-corrected chi connectivity index (χ3v) is 4.44. The Labute approximate surface area is 115 Å². The molecule has 3 heteroatoms. The minimum absolute atomic E-state index is 0.424. The van der Waals surface area contributed by atoms with Crippen LogP contribution in [-0.2, 0) is 6.42 Å². The number of aliphatic hydroxyl groups is 1. The Morgan fingerprint density at radius 1 is 1.50 bits per heavy atom. The van der Waals surface area contributed by atoms with E-state index in [9.17, 15) is 5.11 Å². The van der Waals surface area contributed by atoms with Gasteiger partial charge in [-0.25, -0.2) is 0 Å². The molecule has 0 aromatic heterocycles. The topological polar surface area (TPSA) is 23.5 Å². The number of benzene rings is 1. The van der Waals surface area contributed by atoms with Crippen molar-refractivity contribution in [1.29, 1.82) is 0 Å². The fourth-order valence-corrected chi connectivity index (χ4v) is 3.03. The Balaban J connectivity index is 2.13. The first kappa shape index (κ1) is 13.9. The van der Waals surface area contributed by atoms with Crippen LogP contribution in [0.4, 0.5) is 0 Å². The molecule has 1 aromatic carbocycles. The number of likely N-dealkylation sites (tertiary alicyclic amines) is 1. The van der Waals surface area contributed by atoms with Crippen LogP contribution in [0.2, 0.25) is 5.02 Å². The fourth-order valence-electron chi connectivity index (χ4n) is 2.72. The van der Waals surface area contributed by atoms with Crippen molar-refractivity contribution in [2.24, 2.45) is 0 Å². The van der Waals surface area contributed by atoms with Crippen LogP contribution in [0, 0.1) is 6.92 Å². The molecule has 0 aliphatic carbocycles. The summed E-state index contributed by atoms with van der Waals surface area (Å²) in [5.74, 6) is 0. The third-order valence-electron chi connectivity index (χ3n) is 4.09. The first-order valence-electron chi connectivity index (χ1n) is 6.57. The van der Waals surface area contributed by atoms with Crippen molar-refractivity contribution in [3.63, 3.8) is 0 Å². The van der Waals surface area contributed by atoms with E-state index in [1.165, 1.54) is 0 Å². The molecule has 0 bridgehead atoms. The van der Waals surface area contributed by atoms with E-state index in [2.05, 4.69) is 24.9 Å². The van der Waals surface area contributed by atoms with Gasteiger partial charge in [-0.1, -0.05) is 23.7 Å². The van der Waals surface area contributed by atoms with Crippen LogP contribution in [0.25, 0.3) is 0 Å². The van der Waals surface area contributed by atoms with Gasteiger partial charge in [0, 0.05) is 24.0 Å². The van der Waals surface area contributed by atoms with E-state index in [1.807, 2.05) is 19.1 Å². The average Bonchev–Trinajstić information content (AvgIpc) is 2.28. The molecular formula is C15H22ClNO. The van der Waals surface area contributed by atoms with E-state index in [1.54, 1.807) is 0 Å². The highest BCUT2D eigenvalue weighted by atomic mass is 35.5. The van der Waals surface area contributed by atoms with Crippen molar-refractivity contribution in [2.75, 3.05) is 13.6 Å². The summed E-state index contributed by atoms with van der Waals surface area (Å²) in [6, 6.07) is 6.49. The Bertz CT molecular complexity index is 435. The van der Waals surface area contributed by atoms with E-state index >= 15 is 0 Å². The Kier molecular flexibility index (Phi) is 4.00. The first-order chi connectivity index (χ1) is 8.39. The minimum Gasteiger partial charge on any atom is -0.389 e. The van der Waals surface area contributed by atoms with Crippen LogP contribution in [0.1, 0.15) is 30.9 Å². The molecule has 1 heterocycles. The minimum atomic E-state index is -0.606. The molecule has 2 atom stereocenters. The van der Waals surface area contributed by atoms with Crippen LogP contribution in [-0.4, -0.2) is 35.2 Å². The summed E-state index contributed by atoms with van der Waals surface area (Å²) < 4.78 is 0. The summed E-state index contributed by atoms with van der Waals surface area (Å²) in [5, 5.41) is 11.5. The largest absolute Gasteiger partial charge is 0.389 e. The SMILES string of the molecule is Cc1ccc(CC2(O)CCN(C)C(C)C2)c(Cl)c1. The molecule has 1 N–H and O–H groups in total. The van der Waals surface area contributed by atoms with E-state index in [0.29, 0.717) is 12.5 Å². The molecule has 0 amide bonds. The first-order valence-corrected chi connectivity index (χ1v) is 6.95. The summed E-state index contributed by atoms with van der Waals surface area (Å²) in [7, 11) is 2.11. The number of nitrogens with zero attached hydrogens (tertiary/aromatic N) is 1. The predicted molar refractivity (Wildman–Crippen MR) is 76.2 cm³/mol. The molecule has 1 saturated heterocycles. The molecule has 1 aromatic rings. The molecule has 2 unspecified atom stereocenters. The molecule has 1 fully saturated rings. The van der Waals surface area contributed by atoms with Crippen molar-refractivity contribution in [3.8, 4) is 0 Å². The summed E-state index contributed by atoms with van der Waals surface area (Å²) in [6.45, 7) is 5.14. The highest BCUT2D eigenvalue weighted by molar-refractivity contribution is 6.31. The lowest BCUT2D eigenvalue weighted by molar-refractivity contribution is -0.0353. The third kappa shape index (κ3) is 3.05. The van der Waals surface area contributed by atoms with Crippen molar-refractivity contribution in [1.82, 2.24) is 4.90 Å². The van der Waals surface area contributed by atoms with Gasteiger partial charge in [-0.3, -0.25) is 0 Å². The van der Waals surface area contributed by atoms with E-state index in [0.717, 1.165) is 35.5 Å². The second-order valence-corrected chi connectivity index (χ2v) is 6.19. The predicted octanol–water partition coefficient (Wildman–Crippen LogP) is 3.04. The summed E-state index contributed by atoms with van der Waals surface area (Å²) >= 11 is 6.25. The zero-order valence-electron chi connectivity index (χ0n) is 11.4. The lowest BCUT2D eigenvalue weighted by atomic mass is 9.82. The van der Waals surface area contributed by atoms with E-state index in [-0.39, 0.29) is 0 Å². The van der Waals surface area contributed by atoms with Crippen LogP contribution in [0.15, 0.2) is 18.2 Å². The molecular weight excluding hydrogens is 246 g/mol. The van der Waals surface area contributed by atoms with Crippen molar-refractivity contribution < 1.29 is 5.11 Å². The average molecular weight is 268 g/mol. The van der Waals surface area contributed by atoms with Crippen molar-refractivity contribution in [2.45, 2.75) is 44.8 Å². The lowest BCUT2D eigenvalue weighted by Gasteiger charge is -2.41. The highest BCUT2D eigenvalue weighted by Crippen LogP contribution is 2.31. The van der Waals surface area contributed by atoms with Crippen LogP contribution < -0.4 is 0 Å². The van der Waals surface area contributed by atoms with Gasteiger partial charge in [0.2, 0.25) is 0 Å². The van der Waals surface area contributed by atoms with Gasteiger partial charge in [0.25, 0.3) is 0 Å². The maximum atomic E-state index is 10.7. The maximum Gasteiger partial charge on any atom is 0.0715 e. The Morgan fingerprint density at radius 3 is 2.83 bits per heavy atom. The van der Waals surface area contributed by atoms with Gasteiger partial charge < -0.3 is 10.0 Å². The zero-order valence-corrected chi connectivity index (χ0v) is 12.2. The fraction of sp³-hybridized carbons (Fsp3) is 0.600. The molecule has 0 radical (unpaired) electrons. The molecule has 18 heavy (non-hydrogen) atoms. The quantitative estimate of drug-likeness (QED) is 0.890. The Hall–Kier alpha value is -0.570. The van der Waals surface area contributed by atoms with Crippen LogP contribution >= 0.6 is 11.6 Å². The van der Waals surface area contributed by atoms with E-state index in [4.69, 9.17) is 11.6 Å². The molecule has 1 aliphatic rings. The van der Waals surface area contributed by atoms with Gasteiger partial charge in [-0.15, -0.1) is 0 Å². The smallest absolute Gasteiger partial charge is 0.0715 e. The number of piperidine rings is 1.